The van der Waals surface area contributed by atoms with Gasteiger partial charge < -0.3 is 15.4 Å². The molecule has 1 aliphatic rings. The Bertz CT molecular complexity index is 354. The smallest absolute Gasteiger partial charge is 0.0641 e. The van der Waals surface area contributed by atoms with Crippen molar-refractivity contribution in [2.45, 2.75) is 25.8 Å². The lowest BCUT2D eigenvalue weighted by molar-refractivity contribution is 0.154. The molecular formula is C14H22N2O. The normalized spacial score (nSPS) is 19.9. The number of para-hydroxylation sites is 1. The van der Waals surface area contributed by atoms with E-state index < -0.39 is 0 Å². The molecule has 0 bridgehead atoms. The molecule has 0 amide bonds. The number of nitrogens with two attached hydrogens (primary N) is 1. The summed E-state index contributed by atoms with van der Waals surface area (Å²) in [6.07, 6.45) is 2.23. The van der Waals surface area contributed by atoms with Gasteiger partial charge in [-0.05, 0) is 31.4 Å². The highest BCUT2D eigenvalue weighted by Gasteiger charge is 2.19. The van der Waals surface area contributed by atoms with Crippen molar-refractivity contribution >= 4 is 5.69 Å². The Balaban J connectivity index is 2.14. The first-order valence-electron chi connectivity index (χ1n) is 6.50. The van der Waals surface area contributed by atoms with E-state index >= 15 is 0 Å². The zero-order chi connectivity index (χ0) is 12.1. The van der Waals surface area contributed by atoms with E-state index in [1.807, 2.05) is 6.92 Å². The lowest BCUT2D eigenvalue weighted by atomic mass is 10.0. The number of ether oxygens (including phenoxy) is 1. The van der Waals surface area contributed by atoms with Gasteiger partial charge in [-0.15, -0.1) is 0 Å². The van der Waals surface area contributed by atoms with E-state index in [9.17, 15) is 0 Å². The minimum absolute atomic E-state index is 0.184. The molecule has 0 saturated heterocycles. The van der Waals surface area contributed by atoms with Gasteiger partial charge >= 0.3 is 0 Å². The summed E-state index contributed by atoms with van der Waals surface area (Å²) in [7, 11) is 0. The van der Waals surface area contributed by atoms with Gasteiger partial charge in [0, 0.05) is 31.4 Å². The summed E-state index contributed by atoms with van der Waals surface area (Å²) in [6.45, 7) is 5.65. The second-order valence-electron chi connectivity index (χ2n) is 4.49. The van der Waals surface area contributed by atoms with Crippen LogP contribution in [0.25, 0.3) is 0 Å². The van der Waals surface area contributed by atoms with Crippen LogP contribution >= 0.6 is 0 Å². The Morgan fingerprint density at radius 2 is 2.24 bits per heavy atom. The zero-order valence-electron chi connectivity index (χ0n) is 10.6. The molecule has 1 aromatic rings. The van der Waals surface area contributed by atoms with Gasteiger partial charge in [0.05, 0.1) is 6.61 Å². The van der Waals surface area contributed by atoms with Gasteiger partial charge in [0.2, 0.25) is 0 Å². The maximum Gasteiger partial charge on any atom is 0.0641 e. The summed E-state index contributed by atoms with van der Waals surface area (Å²) in [5.41, 5.74) is 8.77. The fraction of sp³-hybridized carbons (Fsp3) is 0.571. The van der Waals surface area contributed by atoms with Gasteiger partial charge in [-0.1, -0.05) is 18.2 Å². The van der Waals surface area contributed by atoms with E-state index in [2.05, 4.69) is 29.2 Å². The van der Waals surface area contributed by atoms with Crippen LogP contribution in [-0.2, 0) is 4.74 Å². The average molecular weight is 234 g/mol. The summed E-state index contributed by atoms with van der Waals surface area (Å²) in [4.78, 5) is 2.40. The van der Waals surface area contributed by atoms with E-state index in [1.165, 1.54) is 11.3 Å². The molecule has 1 heterocycles. The van der Waals surface area contributed by atoms with Crippen molar-refractivity contribution in [2.75, 3.05) is 31.2 Å². The average Bonchev–Trinajstić information content (AvgIpc) is 2.51. The Kier molecular flexibility index (Phi) is 4.40. The third-order valence-electron chi connectivity index (χ3n) is 3.33. The summed E-state index contributed by atoms with van der Waals surface area (Å²) in [5, 5.41) is 0. The summed E-state index contributed by atoms with van der Waals surface area (Å²) < 4.78 is 5.45. The number of anilines is 1. The van der Waals surface area contributed by atoms with Crippen molar-refractivity contribution in [1.29, 1.82) is 0 Å². The predicted octanol–water partition coefficient (Wildman–Crippen LogP) is 2.32. The predicted molar refractivity (Wildman–Crippen MR) is 71.3 cm³/mol. The third kappa shape index (κ3) is 2.99. The topological polar surface area (TPSA) is 38.5 Å². The molecule has 17 heavy (non-hydrogen) atoms. The molecule has 3 heteroatoms. The van der Waals surface area contributed by atoms with E-state index in [1.54, 1.807) is 0 Å². The fourth-order valence-corrected chi connectivity index (χ4v) is 2.42. The van der Waals surface area contributed by atoms with Crippen LogP contribution in [0.15, 0.2) is 24.3 Å². The molecule has 3 nitrogen and oxygen atoms in total. The lowest BCUT2D eigenvalue weighted by Gasteiger charge is -2.25. The van der Waals surface area contributed by atoms with E-state index in [-0.39, 0.29) is 6.04 Å². The molecule has 94 valence electrons. The molecule has 1 aromatic carbocycles. The molecular weight excluding hydrogens is 212 g/mol. The molecule has 0 aliphatic carbocycles. The van der Waals surface area contributed by atoms with Crippen LogP contribution in [-0.4, -0.2) is 26.3 Å². The van der Waals surface area contributed by atoms with Crippen molar-refractivity contribution in [3.05, 3.63) is 29.8 Å². The number of hydrogen-bond donors (Lipinski definition) is 1. The second kappa shape index (κ2) is 6.03. The van der Waals surface area contributed by atoms with Gasteiger partial charge in [0.1, 0.15) is 0 Å². The van der Waals surface area contributed by atoms with Crippen molar-refractivity contribution in [2.24, 2.45) is 5.73 Å². The fourth-order valence-electron chi connectivity index (χ4n) is 2.42. The van der Waals surface area contributed by atoms with Gasteiger partial charge in [-0.25, -0.2) is 0 Å². The molecule has 0 radical (unpaired) electrons. The van der Waals surface area contributed by atoms with Crippen LogP contribution < -0.4 is 10.6 Å². The molecule has 1 aliphatic heterocycles. The highest BCUT2D eigenvalue weighted by atomic mass is 16.5. The molecule has 0 saturated carbocycles. The highest BCUT2D eigenvalue weighted by Crippen LogP contribution is 2.30. The Hall–Kier alpha value is -1.06. The van der Waals surface area contributed by atoms with Gasteiger partial charge in [-0.2, -0.15) is 0 Å². The number of nitrogens with zero attached hydrogens (tertiary/aromatic N) is 1. The minimum atomic E-state index is 0.184. The van der Waals surface area contributed by atoms with Crippen molar-refractivity contribution in [3.63, 3.8) is 0 Å². The molecule has 0 spiro atoms. The Morgan fingerprint density at radius 1 is 1.41 bits per heavy atom. The SMILES string of the molecule is CCOCCN1CCCC(N)c2ccccc21. The largest absolute Gasteiger partial charge is 0.380 e. The molecule has 0 aromatic heterocycles. The summed E-state index contributed by atoms with van der Waals surface area (Å²) in [5.74, 6) is 0. The molecule has 1 atom stereocenters. The summed E-state index contributed by atoms with van der Waals surface area (Å²) in [6, 6.07) is 8.67. The lowest BCUT2D eigenvalue weighted by Crippen LogP contribution is -2.28. The van der Waals surface area contributed by atoms with Gasteiger partial charge in [0.25, 0.3) is 0 Å². The Labute approximate surface area is 104 Å². The van der Waals surface area contributed by atoms with Crippen LogP contribution in [0, 0.1) is 0 Å². The maximum atomic E-state index is 6.21. The van der Waals surface area contributed by atoms with E-state index in [4.69, 9.17) is 10.5 Å². The monoisotopic (exact) mass is 234 g/mol. The Morgan fingerprint density at radius 3 is 3.06 bits per heavy atom. The number of fused-ring (bicyclic) bond motifs is 1. The standard InChI is InChI=1S/C14H22N2O/c1-2-17-11-10-16-9-5-7-13(15)12-6-3-4-8-14(12)16/h3-4,6,8,13H,2,5,7,9-11,15H2,1H3. The van der Waals surface area contributed by atoms with E-state index in [0.29, 0.717) is 0 Å². The van der Waals surface area contributed by atoms with Crippen LogP contribution in [0.3, 0.4) is 0 Å². The molecule has 2 N–H and O–H groups in total. The zero-order valence-corrected chi connectivity index (χ0v) is 10.6. The molecule has 1 unspecified atom stereocenters. The van der Waals surface area contributed by atoms with Gasteiger partial charge in [-0.3, -0.25) is 0 Å². The van der Waals surface area contributed by atoms with Crippen LogP contribution in [0.1, 0.15) is 31.4 Å². The maximum absolute atomic E-state index is 6.21. The number of rotatable bonds is 4. The van der Waals surface area contributed by atoms with Crippen molar-refractivity contribution in [1.82, 2.24) is 0 Å². The third-order valence-corrected chi connectivity index (χ3v) is 3.33. The van der Waals surface area contributed by atoms with Crippen molar-refractivity contribution < 1.29 is 4.74 Å². The van der Waals surface area contributed by atoms with Crippen LogP contribution in [0.4, 0.5) is 5.69 Å². The number of hydrogen-bond acceptors (Lipinski definition) is 3. The minimum Gasteiger partial charge on any atom is -0.380 e. The van der Waals surface area contributed by atoms with Crippen LogP contribution in [0.2, 0.25) is 0 Å². The first-order valence-corrected chi connectivity index (χ1v) is 6.50. The molecule has 0 fully saturated rings. The van der Waals surface area contributed by atoms with E-state index in [0.717, 1.165) is 39.1 Å². The first-order chi connectivity index (χ1) is 8.33. The van der Waals surface area contributed by atoms with Crippen molar-refractivity contribution in [3.8, 4) is 0 Å². The van der Waals surface area contributed by atoms with Crippen LogP contribution in [0.5, 0.6) is 0 Å². The molecule has 2 rings (SSSR count). The summed E-state index contributed by atoms with van der Waals surface area (Å²) >= 11 is 0. The quantitative estimate of drug-likeness (QED) is 0.813. The van der Waals surface area contributed by atoms with Gasteiger partial charge in [0.15, 0.2) is 0 Å². The second-order valence-corrected chi connectivity index (χ2v) is 4.49. The first kappa shape index (κ1) is 12.4. The highest BCUT2D eigenvalue weighted by molar-refractivity contribution is 5.55. The number of benzene rings is 1.